The van der Waals surface area contributed by atoms with Gasteiger partial charge in [0.15, 0.2) is 0 Å². The van der Waals surface area contributed by atoms with Gasteiger partial charge in [-0.05, 0) is 32.7 Å². The van der Waals surface area contributed by atoms with E-state index in [2.05, 4.69) is 0 Å². The molecule has 0 atom stereocenters. The Morgan fingerprint density at radius 3 is 1.37 bits per heavy atom. The number of benzene rings is 4. The molecule has 30 heavy (non-hydrogen) atoms. The molecule has 2 amide bonds. The summed E-state index contributed by atoms with van der Waals surface area (Å²) in [6, 6.07) is 27.9. The molecule has 4 heteroatoms. The maximum absolute atomic E-state index is 12.9. The maximum atomic E-state index is 12.9. The molecule has 4 rings (SSSR count). The van der Waals surface area contributed by atoms with Gasteiger partial charge in [0.05, 0.1) is 12.8 Å². The largest absolute Gasteiger partial charge is 0.273 e. The highest BCUT2D eigenvalue weighted by molar-refractivity contribution is 5.92. The fourth-order valence-electron chi connectivity index (χ4n) is 3.78. The minimum atomic E-state index is -0.125. The van der Waals surface area contributed by atoms with Crippen molar-refractivity contribution in [3.63, 3.8) is 0 Å². The predicted octanol–water partition coefficient (Wildman–Crippen LogP) is 4.61. The van der Waals surface area contributed by atoms with Crippen molar-refractivity contribution < 1.29 is 9.59 Å². The third-order valence-electron chi connectivity index (χ3n) is 5.62. The smallest absolute Gasteiger partial charge is 0.245 e. The third-order valence-corrected chi connectivity index (χ3v) is 5.62. The van der Waals surface area contributed by atoms with Crippen molar-refractivity contribution in [2.45, 2.75) is 12.8 Å². The van der Waals surface area contributed by atoms with Crippen molar-refractivity contribution in [2.75, 3.05) is 14.1 Å². The Labute approximate surface area is 176 Å². The number of hydrogen-bond acceptors (Lipinski definition) is 2. The summed E-state index contributed by atoms with van der Waals surface area (Å²) in [5.41, 5.74) is 1.92. The molecule has 0 spiro atoms. The summed E-state index contributed by atoms with van der Waals surface area (Å²) in [6.07, 6.45) is 0.480. The second-order valence-corrected chi connectivity index (χ2v) is 7.46. The highest BCUT2D eigenvalue weighted by Crippen LogP contribution is 2.21. The van der Waals surface area contributed by atoms with Crippen LogP contribution in [0.2, 0.25) is 0 Å². The molecule has 0 fully saturated rings. The zero-order chi connectivity index (χ0) is 21.1. The fraction of sp³-hybridized carbons (Fsp3) is 0.154. The Kier molecular flexibility index (Phi) is 5.48. The zero-order valence-corrected chi connectivity index (χ0v) is 17.2. The summed E-state index contributed by atoms with van der Waals surface area (Å²) in [6.45, 7) is 0. The molecular weight excluding hydrogens is 372 g/mol. The quantitative estimate of drug-likeness (QED) is 0.473. The van der Waals surface area contributed by atoms with E-state index in [0.29, 0.717) is 0 Å². The topological polar surface area (TPSA) is 40.6 Å². The SMILES string of the molecule is CN(C(=O)Cc1cccc2ccccc12)N(C)C(=O)Cc1cccc2ccccc12. The normalized spacial score (nSPS) is 10.9. The minimum Gasteiger partial charge on any atom is -0.273 e. The molecule has 0 aromatic heterocycles. The zero-order valence-electron chi connectivity index (χ0n) is 17.2. The van der Waals surface area contributed by atoms with Crippen LogP contribution in [0.4, 0.5) is 0 Å². The van der Waals surface area contributed by atoms with Crippen LogP contribution >= 0.6 is 0 Å². The van der Waals surface area contributed by atoms with Crippen LogP contribution in [0.25, 0.3) is 21.5 Å². The average molecular weight is 396 g/mol. The van der Waals surface area contributed by atoms with Gasteiger partial charge in [0.2, 0.25) is 11.8 Å². The summed E-state index contributed by atoms with van der Waals surface area (Å²) < 4.78 is 0. The van der Waals surface area contributed by atoms with Crippen LogP contribution in [-0.4, -0.2) is 35.9 Å². The van der Waals surface area contributed by atoms with E-state index in [1.54, 1.807) is 14.1 Å². The predicted molar refractivity (Wildman–Crippen MR) is 121 cm³/mol. The lowest BCUT2D eigenvalue weighted by Gasteiger charge is -2.28. The number of carbonyl (C=O) groups excluding carboxylic acids is 2. The van der Waals surface area contributed by atoms with Crippen molar-refractivity contribution in [1.82, 2.24) is 10.0 Å². The van der Waals surface area contributed by atoms with Crippen LogP contribution in [0.3, 0.4) is 0 Å². The average Bonchev–Trinajstić information content (AvgIpc) is 2.78. The monoisotopic (exact) mass is 396 g/mol. The molecule has 0 aliphatic carbocycles. The molecule has 0 unspecified atom stereocenters. The lowest BCUT2D eigenvalue weighted by Crippen LogP contribution is -2.46. The van der Waals surface area contributed by atoms with Gasteiger partial charge in [0.25, 0.3) is 0 Å². The molecular formula is C26H24N2O2. The maximum Gasteiger partial charge on any atom is 0.245 e. The van der Waals surface area contributed by atoms with Crippen LogP contribution in [0, 0.1) is 0 Å². The van der Waals surface area contributed by atoms with Crippen molar-refractivity contribution in [2.24, 2.45) is 0 Å². The molecule has 4 aromatic rings. The van der Waals surface area contributed by atoms with Crippen LogP contribution in [0.5, 0.6) is 0 Å². The summed E-state index contributed by atoms with van der Waals surface area (Å²) >= 11 is 0. The molecule has 0 N–H and O–H groups in total. The van der Waals surface area contributed by atoms with Gasteiger partial charge in [-0.2, -0.15) is 0 Å². The molecule has 0 heterocycles. The van der Waals surface area contributed by atoms with Crippen molar-refractivity contribution >= 4 is 33.4 Å². The van der Waals surface area contributed by atoms with E-state index in [9.17, 15) is 9.59 Å². The summed E-state index contributed by atoms with van der Waals surface area (Å²) in [5, 5.41) is 7.15. The van der Waals surface area contributed by atoms with Crippen LogP contribution < -0.4 is 0 Å². The number of hydrazine groups is 1. The summed E-state index contributed by atoms with van der Waals surface area (Å²) in [5.74, 6) is -0.250. The van der Waals surface area contributed by atoms with Gasteiger partial charge in [0.1, 0.15) is 0 Å². The Bertz CT molecular complexity index is 1120. The lowest BCUT2D eigenvalue weighted by molar-refractivity contribution is -0.156. The van der Waals surface area contributed by atoms with Gasteiger partial charge >= 0.3 is 0 Å². The van der Waals surface area contributed by atoms with E-state index < -0.39 is 0 Å². The number of hydrogen-bond donors (Lipinski definition) is 0. The Balaban J connectivity index is 1.49. The van der Waals surface area contributed by atoms with Gasteiger partial charge in [0, 0.05) is 14.1 Å². The van der Waals surface area contributed by atoms with Gasteiger partial charge < -0.3 is 0 Å². The summed E-state index contributed by atoms with van der Waals surface area (Å²) in [7, 11) is 3.29. The number of likely N-dealkylation sites (N-methyl/N-ethyl adjacent to an activating group) is 2. The first-order chi connectivity index (χ1) is 14.5. The second-order valence-electron chi connectivity index (χ2n) is 7.46. The number of fused-ring (bicyclic) bond motifs is 2. The summed E-state index contributed by atoms with van der Waals surface area (Å²) in [4.78, 5) is 25.8. The first-order valence-corrected chi connectivity index (χ1v) is 10.0. The van der Waals surface area contributed by atoms with Gasteiger partial charge in [-0.3, -0.25) is 19.6 Å². The van der Waals surface area contributed by atoms with Crippen molar-refractivity contribution in [3.05, 3.63) is 96.1 Å². The highest BCUT2D eigenvalue weighted by atomic mass is 16.2. The van der Waals surface area contributed by atoms with Crippen molar-refractivity contribution in [1.29, 1.82) is 0 Å². The molecule has 0 saturated heterocycles. The molecule has 0 saturated carbocycles. The number of nitrogens with zero attached hydrogens (tertiary/aromatic N) is 2. The van der Waals surface area contributed by atoms with Gasteiger partial charge in [-0.1, -0.05) is 84.9 Å². The fourth-order valence-corrected chi connectivity index (χ4v) is 3.78. The van der Waals surface area contributed by atoms with Crippen molar-refractivity contribution in [3.8, 4) is 0 Å². The van der Waals surface area contributed by atoms with E-state index in [-0.39, 0.29) is 24.7 Å². The van der Waals surface area contributed by atoms with E-state index >= 15 is 0 Å². The van der Waals surface area contributed by atoms with Crippen LogP contribution in [0.1, 0.15) is 11.1 Å². The molecule has 150 valence electrons. The number of rotatable bonds is 4. The highest BCUT2D eigenvalue weighted by Gasteiger charge is 2.20. The van der Waals surface area contributed by atoms with Crippen LogP contribution in [-0.2, 0) is 22.4 Å². The first-order valence-electron chi connectivity index (χ1n) is 10.0. The van der Waals surface area contributed by atoms with E-state index in [0.717, 1.165) is 32.7 Å². The second kappa shape index (κ2) is 8.37. The lowest BCUT2D eigenvalue weighted by atomic mass is 10.0. The molecule has 0 radical (unpaired) electrons. The van der Waals surface area contributed by atoms with Crippen LogP contribution in [0.15, 0.2) is 84.9 Å². The molecule has 4 aromatic carbocycles. The first kappa shape index (κ1) is 19.6. The molecule has 0 aliphatic rings. The number of carbonyl (C=O) groups is 2. The molecule has 0 aliphatic heterocycles. The standard InChI is InChI=1S/C26H24N2O2/c1-27(25(29)17-21-13-7-11-19-9-3-5-15-23(19)21)28(2)26(30)18-22-14-8-12-20-10-4-6-16-24(20)22/h3-16H,17-18H2,1-2H3. The Morgan fingerprint density at radius 2 is 0.933 bits per heavy atom. The number of amides is 2. The third kappa shape index (κ3) is 3.90. The molecule has 0 bridgehead atoms. The van der Waals surface area contributed by atoms with E-state index in [1.807, 2.05) is 84.9 Å². The van der Waals surface area contributed by atoms with E-state index in [1.165, 1.54) is 10.0 Å². The Morgan fingerprint density at radius 1 is 0.567 bits per heavy atom. The minimum absolute atomic E-state index is 0.125. The molecule has 4 nitrogen and oxygen atoms in total. The van der Waals surface area contributed by atoms with Gasteiger partial charge in [-0.15, -0.1) is 0 Å². The Hall–Kier alpha value is -3.66. The van der Waals surface area contributed by atoms with Gasteiger partial charge in [-0.25, -0.2) is 0 Å². The van der Waals surface area contributed by atoms with E-state index in [4.69, 9.17) is 0 Å².